The van der Waals surface area contributed by atoms with E-state index < -0.39 is 24.1 Å². The molecule has 6 heteroatoms. The third kappa shape index (κ3) is 3.46. The minimum absolute atomic E-state index is 0.556. The Labute approximate surface area is 66.3 Å². The summed E-state index contributed by atoms with van der Waals surface area (Å²) in [5.74, 6) is -3.46. The lowest BCUT2D eigenvalue weighted by molar-refractivity contribution is -0.192. The van der Waals surface area contributed by atoms with E-state index in [0.717, 1.165) is 6.92 Å². The first kappa shape index (κ1) is 10.6. The van der Waals surface area contributed by atoms with Crippen molar-refractivity contribution in [1.82, 2.24) is 0 Å². The van der Waals surface area contributed by atoms with Gasteiger partial charge in [-0.15, -0.1) is 0 Å². The van der Waals surface area contributed by atoms with Crippen molar-refractivity contribution in [3.8, 4) is 0 Å². The lowest BCUT2D eigenvalue weighted by atomic mass is 10.2. The summed E-state index contributed by atoms with van der Waals surface area (Å²) < 4.78 is 39.0. The number of alkyl halides is 4. The fourth-order valence-corrected chi connectivity index (χ4v) is 0.420. The molecular weight excluding hydrogens is 184 g/mol. The summed E-state index contributed by atoms with van der Waals surface area (Å²) in [4.78, 5) is 10.4. The number of halogens is 4. The largest absolute Gasteiger partial charge is 0.449 e. The van der Waals surface area contributed by atoms with E-state index in [4.69, 9.17) is 11.6 Å². The summed E-state index contributed by atoms with van der Waals surface area (Å²) in [6, 6.07) is -0.556. The maximum atomic E-state index is 11.7. The van der Waals surface area contributed by atoms with Gasteiger partial charge in [0.1, 0.15) is 5.92 Å². The number of ether oxygens (including phenoxy) is 1. The molecule has 11 heavy (non-hydrogen) atoms. The van der Waals surface area contributed by atoms with Crippen LogP contribution in [0.4, 0.5) is 13.2 Å². The molecule has 0 aromatic heterocycles. The van der Waals surface area contributed by atoms with Gasteiger partial charge in [-0.2, -0.15) is 13.2 Å². The molecule has 0 aromatic rings. The van der Waals surface area contributed by atoms with Crippen molar-refractivity contribution in [3.05, 3.63) is 0 Å². The van der Waals surface area contributed by atoms with Crippen LogP contribution in [0, 0.1) is 5.92 Å². The Morgan fingerprint density at radius 2 is 2.09 bits per heavy atom. The van der Waals surface area contributed by atoms with Crippen LogP contribution in [0.5, 0.6) is 0 Å². The van der Waals surface area contributed by atoms with Crippen molar-refractivity contribution in [2.45, 2.75) is 13.1 Å². The molecule has 0 amide bonds. The van der Waals surface area contributed by atoms with E-state index in [1.54, 1.807) is 0 Å². The predicted octanol–water partition coefficient (Wildman–Crippen LogP) is 1.92. The Hall–Kier alpha value is -0.450. The second-order valence-electron chi connectivity index (χ2n) is 1.84. The summed E-state index contributed by atoms with van der Waals surface area (Å²) in [6.45, 7) is 0.717. The first-order valence-corrected chi connectivity index (χ1v) is 3.22. The van der Waals surface area contributed by atoms with Gasteiger partial charge in [0.15, 0.2) is 6.07 Å². The van der Waals surface area contributed by atoms with Crippen LogP contribution < -0.4 is 0 Å². The van der Waals surface area contributed by atoms with Gasteiger partial charge >= 0.3 is 12.1 Å². The van der Waals surface area contributed by atoms with E-state index in [-0.39, 0.29) is 0 Å². The molecule has 0 fully saturated rings. The molecule has 66 valence electrons. The molecule has 1 atom stereocenters. The first-order valence-electron chi connectivity index (χ1n) is 2.69. The molecule has 0 saturated carbocycles. The molecule has 0 heterocycles. The van der Waals surface area contributed by atoms with Gasteiger partial charge in [-0.25, -0.2) is 0 Å². The van der Waals surface area contributed by atoms with Crippen molar-refractivity contribution in [1.29, 1.82) is 0 Å². The minimum Gasteiger partial charge on any atom is -0.449 e. The summed E-state index contributed by atoms with van der Waals surface area (Å²) in [5.41, 5.74) is 0. The standard InChI is InChI=1S/C5H6ClF3O2/c1-3(5(7,8)9)4(10)11-2-6/h3H,2H2,1H3. The smallest absolute Gasteiger partial charge is 0.401 e. The molecule has 0 aliphatic heterocycles. The Morgan fingerprint density at radius 1 is 1.64 bits per heavy atom. The molecule has 0 rings (SSSR count). The van der Waals surface area contributed by atoms with Gasteiger partial charge < -0.3 is 4.74 Å². The fourth-order valence-electron chi connectivity index (χ4n) is 0.312. The molecule has 0 aliphatic rings. The summed E-state index contributed by atoms with van der Waals surface area (Å²) in [7, 11) is 0. The second kappa shape index (κ2) is 3.80. The van der Waals surface area contributed by atoms with E-state index >= 15 is 0 Å². The maximum absolute atomic E-state index is 11.7. The highest BCUT2D eigenvalue weighted by atomic mass is 35.5. The summed E-state index contributed by atoms with van der Waals surface area (Å²) in [5, 5.41) is 0. The first-order chi connectivity index (χ1) is 4.89. The molecular formula is C5H6ClF3O2. The van der Waals surface area contributed by atoms with E-state index in [2.05, 4.69) is 4.74 Å². The minimum atomic E-state index is -4.55. The summed E-state index contributed by atoms with van der Waals surface area (Å²) >= 11 is 4.88. The third-order valence-electron chi connectivity index (χ3n) is 1.04. The molecule has 1 unspecified atom stereocenters. The van der Waals surface area contributed by atoms with Crippen molar-refractivity contribution >= 4 is 17.6 Å². The van der Waals surface area contributed by atoms with Gasteiger partial charge in [-0.05, 0) is 6.92 Å². The molecule has 0 aliphatic carbocycles. The number of hydrogen-bond acceptors (Lipinski definition) is 2. The van der Waals surface area contributed by atoms with Crippen LogP contribution in [0.1, 0.15) is 6.92 Å². The highest BCUT2D eigenvalue weighted by Crippen LogP contribution is 2.26. The Balaban J connectivity index is 4.03. The second-order valence-corrected chi connectivity index (χ2v) is 2.05. The highest BCUT2D eigenvalue weighted by molar-refractivity contribution is 6.17. The van der Waals surface area contributed by atoms with Gasteiger partial charge in [0.2, 0.25) is 0 Å². The number of rotatable bonds is 2. The highest BCUT2D eigenvalue weighted by Gasteiger charge is 2.42. The quantitative estimate of drug-likeness (QED) is 0.491. The number of hydrogen-bond donors (Lipinski definition) is 0. The van der Waals surface area contributed by atoms with E-state index in [1.165, 1.54) is 0 Å². The van der Waals surface area contributed by atoms with Crippen molar-refractivity contribution < 1.29 is 22.7 Å². The Morgan fingerprint density at radius 3 is 2.36 bits per heavy atom. The van der Waals surface area contributed by atoms with Gasteiger partial charge in [0, 0.05) is 0 Å². The average molecular weight is 191 g/mol. The van der Waals surface area contributed by atoms with Crippen molar-refractivity contribution in [3.63, 3.8) is 0 Å². The van der Waals surface area contributed by atoms with Crippen LogP contribution >= 0.6 is 11.6 Å². The van der Waals surface area contributed by atoms with E-state index in [0.29, 0.717) is 0 Å². The molecule has 0 N–H and O–H groups in total. The summed E-state index contributed by atoms with van der Waals surface area (Å²) in [6.07, 6.45) is -4.55. The zero-order valence-electron chi connectivity index (χ0n) is 5.61. The van der Waals surface area contributed by atoms with E-state index in [1.807, 2.05) is 0 Å². The zero-order chi connectivity index (χ0) is 9.07. The van der Waals surface area contributed by atoms with Crippen LogP contribution in [-0.4, -0.2) is 18.2 Å². The average Bonchev–Trinajstić information content (AvgIpc) is 1.85. The molecule has 0 aromatic carbocycles. The molecule has 2 nitrogen and oxygen atoms in total. The van der Waals surface area contributed by atoms with Crippen molar-refractivity contribution in [2.75, 3.05) is 6.07 Å². The third-order valence-corrected chi connectivity index (χ3v) is 1.15. The van der Waals surface area contributed by atoms with Crippen LogP contribution in [0.3, 0.4) is 0 Å². The van der Waals surface area contributed by atoms with Gasteiger partial charge in [0.05, 0.1) is 0 Å². The molecule has 0 saturated heterocycles. The molecule has 0 radical (unpaired) electrons. The van der Waals surface area contributed by atoms with Gasteiger partial charge in [-0.1, -0.05) is 11.6 Å². The monoisotopic (exact) mass is 190 g/mol. The zero-order valence-corrected chi connectivity index (χ0v) is 6.37. The number of carbonyl (C=O) groups excluding carboxylic acids is 1. The SMILES string of the molecule is CC(C(=O)OCCl)C(F)(F)F. The van der Waals surface area contributed by atoms with Crippen LogP contribution in [0.25, 0.3) is 0 Å². The lowest BCUT2D eigenvalue weighted by Crippen LogP contribution is -2.29. The van der Waals surface area contributed by atoms with Crippen LogP contribution in [0.2, 0.25) is 0 Å². The normalized spacial score (nSPS) is 14.3. The molecule has 0 spiro atoms. The predicted molar refractivity (Wildman–Crippen MR) is 32.0 cm³/mol. The van der Waals surface area contributed by atoms with Gasteiger partial charge in [0.25, 0.3) is 0 Å². The number of esters is 1. The van der Waals surface area contributed by atoms with Crippen LogP contribution in [-0.2, 0) is 9.53 Å². The number of carbonyl (C=O) groups is 1. The van der Waals surface area contributed by atoms with Gasteiger partial charge in [-0.3, -0.25) is 4.79 Å². The topological polar surface area (TPSA) is 26.3 Å². The molecule has 0 bridgehead atoms. The Kier molecular flexibility index (Phi) is 3.65. The maximum Gasteiger partial charge on any atom is 0.401 e. The van der Waals surface area contributed by atoms with E-state index in [9.17, 15) is 18.0 Å². The fraction of sp³-hybridized carbons (Fsp3) is 0.800. The van der Waals surface area contributed by atoms with Crippen LogP contribution in [0.15, 0.2) is 0 Å². The van der Waals surface area contributed by atoms with Crippen molar-refractivity contribution in [2.24, 2.45) is 5.92 Å². The Bertz CT molecular complexity index is 145. The lowest BCUT2D eigenvalue weighted by Gasteiger charge is -2.12.